The summed E-state index contributed by atoms with van der Waals surface area (Å²) in [5, 5.41) is 13.2. The molecule has 0 saturated heterocycles. The molecule has 1 rings (SSSR count). The molecule has 2 N–H and O–H groups in total. The molecule has 0 radical (unpaired) electrons. The zero-order valence-corrected chi connectivity index (χ0v) is 11.9. The molecule has 0 aliphatic rings. The second-order valence-corrected chi connectivity index (χ2v) is 5.54. The fourth-order valence-electron chi connectivity index (χ4n) is 2.05. The SMILES string of the molecule is CC(NCC(C)(O)CN(C)C)c1cc(F)cc(F)c1. The first-order valence-corrected chi connectivity index (χ1v) is 6.26. The van der Waals surface area contributed by atoms with Crippen LogP contribution in [0.25, 0.3) is 0 Å². The number of hydrogen-bond donors (Lipinski definition) is 2. The molecule has 0 aliphatic carbocycles. The van der Waals surface area contributed by atoms with Gasteiger partial charge in [-0.05, 0) is 45.6 Å². The van der Waals surface area contributed by atoms with Crippen molar-refractivity contribution >= 4 is 0 Å². The van der Waals surface area contributed by atoms with Gasteiger partial charge in [0.15, 0.2) is 0 Å². The zero-order valence-electron chi connectivity index (χ0n) is 11.9. The van der Waals surface area contributed by atoms with E-state index < -0.39 is 17.2 Å². The van der Waals surface area contributed by atoms with Crippen LogP contribution < -0.4 is 5.32 Å². The Hall–Kier alpha value is -1.04. The van der Waals surface area contributed by atoms with Crippen LogP contribution in [0.1, 0.15) is 25.5 Å². The Bertz CT molecular complexity index is 402. The molecule has 1 aromatic rings. The van der Waals surface area contributed by atoms with E-state index in [0.29, 0.717) is 18.7 Å². The third-order valence-electron chi connectivity index (χ3n) is 2.83. The lowest BCUT2D eigenvalue weighted by atomic mass is 10.0. The molecule has 0 heterocycles. The van der Waals surface area contributed by atoms with Gasteiger partial charge in [0.25, 0.3) is 0 Å². The van der Waals surface area contributed by atoms with Gasteiger partial charge < -0.3 is 15.3 Å². The van der Waals surface area contributed by atoms with E-state index >= 15 is 0 Å². The number of benzene rings is 1. The van der Waals surface area contributed by atoms with Crippen molar-refractivity contribution in [3.8, 4) is 0 Å². The fraction of sp³-hybridized carbons (Fsp3) is 0.571. The van der Waals surface area contributed by atoms with Crippen LogP contribution in [0.15, 0.2) is 18.2 Å². The van der Waals surface area contributed by atoms with Gasteiger partial charge >= 0.3 is 0 Å². The first kappa shape index (κ1) is 16.0. The Labute approximate surface area is 113 Å². The monoisotopic (exact) mass is 272 g/mol. The first-order valence-electron chi connectivity index (χ1n) is 6.26. The number of nitrogens with one attached hydrogen (secondary N) is 1. The van der Waals surface area contributed by atoms with Crippen LogP contribution in [0.3, 0.4) is 0 Å². The molecule has 1 aromatic carbocycles. The maximum atomic E-state index is 13.1. The normalized spacial score (nSPS) is 16.4. The topological polar surface area (TPSA) is 35.5 Å². The van der Waals surface area contributed by atoms with Gasteiger partial charge in [-0.15, -0.1) is 0 Å². The minimum atomic E-state index is -0.899. The minimum Gasteiger partial charge on any atom is -0.388 e. The van der Waals surface area contributed by atoms with Crippen LogP contribution in [-0.4, -0.2) is 42.8 Å². The van der Waals surface area contributed by atoms with Crippen molar-refractivity contribution in [2.24, 2.45) is 0 Å². The van der Waals surface area contributed by atoms with E-state index in [1.807, 2.05) is 19.0 Å². The van der Waals surface area contributed by atoms with Crippen LogP contribution in [0.2, 0.25) is 0 Å². The van der Waals surface area contributed by atoms with Gasteiger partial charge in [0.05, 0.1) is 5.60 Å². The second kappa shape index (κ2) is 6.41. The third kappa shape index (κ3) is 5.63. The zero-order chi connectivity index (χ0) is 14.6. The van der Waals surface area contributed by atoms with Crippen LogP contribution in [-0.2, 0) is 0 Å². The first-order chi connectivity index (χ1) is 8.69. The van der Waals surface area contributed by atoms with Crippen molar-refractivity contribution in [1.82, 2.24) is 10.2 Å². The number of rotatable bonds is 6. The van der Waals surface area contributed by atoms with E-state index in [2.05, 4.69) is 5.32 Å². The molecular formula is C14H22F2N2O. The molecule has 19 heavy (non-hydrogen) atoms. The molecule has 5 heteroatoms. The lowest BCUT2D eigenvalue weighted by molar-refractivity contribution is 0.0317. The molecule has 0 amide bonds. The predicted molar refractivity (Wildman–Crippen MR) is 72.0 cm³/mol. The van der Waals surface area contributed by atoms with Gasteiger partial charge in [-0.25, -0.2) is 8.78 Å². The maximum Gasteiger partial charge on any atom is 0.126 e. The van der Waals surface area contributed by atoms with Crippen LogP contribution in [0.5, 0.6) is 0 Å². The van der Waals surface area contributed by atoms with Gasteiger partial charge in [0.1, 0.15) is 11.6 Å². The molecule has 108 valence electrons. The summed E-state index contributed by atoms with van der Waals surface area (Å²) < 4.78 is 26.2. The summed E-state index contributed by atoms with van der Waals surface area (Å²) in [6, 6.07) is 3.19. The molecule has 3 nitrogen and oxygen atoms in total. The molecule has 0 spiro atoms. The van der Waals surface area contributed by atoms with E-state index in [1.54, 1.807) is 13.8 Å². The van der Waals surface area contributed by atoms with Crippen molar-refractivity contribution < 1.29 is 13.9 Å². The Kier molecular flexibility index (Phi) is 5.40. The summed E-state index contributed by atoms with van der Waals surface area (Å²) in [7, 11) is 3.75. The Morgan fingerprint density at radius 2 is 1.79 bits per heavy atom. The standard InChI is InChI=1S/C14H22F2N2O/c1-10(11-5-12(15)7-13(16)6-11)17-8-14(2,19)9-18(3)4/h5-7,10,17,19H,8-9H2,1-4H3. The van der Waals surface area contributed by atoms with Gasteiger partial charge in [-0.2, -0.15) is 0 Å². The van der Waals surface area contributed by atoms with E-state index in [9.17, 15) is 13.9 Å². The van der Waals surface area contributed by atoms with Crippen LogP contribution in [0, 0.1) is 11.6 Å². The second-order valence-electron chi connectivity index (χ2n) is 5.54. The number of aliphatic hydroxyl groups is 1. The molecule has 0 saturated carbocycles. The Balaban J connectivity index is 2.62. The highest BCUT2D eigenvalue weighted by molar-refractivity contribution is 5.20. The molecule has 2 atom stereocenters. The summed E-state index contributed by atoms with van der Waals surface area (Å²) in [6.45, 7) is 4.37. The maximum absolute atomic E-state index is 13.1. The summed E-state index contributed by atoms with van der Waals surface area (Å²) in [5.41, 5.74) is -0.373. The minimum absolute atomic E-state index is 0.237. The van der Waals surface area contributed by atoms with Gasteiger partial charge in [0.2, 0.25) is 0 Å². The number of likely N-dealkylation sites (N-methyl/N-ethyl adjacent to an activating group) is 1. The highest BCUT2D eigenvalue weighted by Crippen LogP contribution is 2.16. The average molecular weight is 272 g/mol. The quantitative estimate of drug-likeness (QED) is 0.830. The number of hydrogen-bond acceptors (Lipinski definition) is 3. The highest BCUT2D eigenvalue weighted by atomic mass is 19.1. The largest absolute Gasteiger partial charge is 0.388 e. The predicted octanol–water partition coefficient (Wildman–Crippen LogP) is 1.93. The van der Waals surface area contributed by atoms with Crippen molar-refractivity contribution in [3.05, 3.63) is 35.4 Å². The summed E-state index contributed by atoms with van der Waals surface area (Å²) >= 11 is 0. The molecular weight excluding hydrogens is 250 g/mol. The van der Waals surface area contributed by atoms with Gasteiger partial charge in [0, 0.05) is 25.2 Å². The van der Waals surface area contributed by atoms with E-state index in [1.165, 1.54) is 12.1 Å². The van der Waals surface area contributed by atoms with Crippen LogP contribution in [0.4, 0.5) is 8.78 Å². The average Bonchev–Trinajstić information content (AvgIpc) is 2.22. The van der Waals surface area contributed by atoms with E-state index in [-0.39, 0.29) is 6.04 Å². The summed E-state index contributed by atoms with van der Waals surface area (Å²) in [4.78, 5) is 1.88. The molecule has 0 fully saturated rings. The summed E-state index contributed by atoms with van der Waals surface area (Å²) in [6.07, 6.45) is 0. The van der Waals surface area contributed by atoms with E-state index in [0.717, 1.165) is 6.07 Å². The van der Waals surface area contributed by atoms with Crippen molar-refractivity contribution in [1.29, 1.82) is 0 Å². The summed E-state index contributed by atoms with van der Waals surface area (Å²) in [5.74, 6) is -1.19. The number of halogens is 2. The van der Waals surface area contributed by atoms with Crippen molar-refractivity contribution in [3.63, 3.8) is 0 Å². The fourth-order valence-corrected chi connectivity index (χ4v) is 2.05. The number of nitrogens with zero attached hydrogens (tertiary/aromatic N) is 1. The molecule has 2 unspecified atom stereocenters. The lowest BCUT2D eigenvalue weighted by Gasteiger charge is -2.29. The van der Waals surface area contributed by atoms with E-state index in [4.69, 9.17) is 0 Å². The van der Waals surface area contributed by atoms with Crippen molar-refractivity contribution in [2.45, 2.75) is 25.5 Å². The Morgan fingerprint density at radius 1 is 1.26 bits per heavy atom. The lowest BCUT2D eigenvalue weighted by Crippen LogP contribution is -2.46. The molecule has 0 bridgehead atoms. The van der Waals surface area contributed by atoms with Gasteiger partial charge in [-0.1, -0.05) is 0 Å². The molecule has 0 aliphatic heterocycles. The Morgan fingerprint density at radius 3 is 2.26 bits per heavy atom. The van der Waals surface area contributed by atoms with Gasteiger partial charge in [-0.3, -0.25) is 0 Å². The smallest absolute Gasteiger partial charge is 0.126 e. The van der Waals surface area contributed by atoms with Crippen molar-refractivity contribution in [2.75, 3.05) is 27.2 Å². The highest BCUT2D eigenvalue weighted by Gasteiger charge is 2.22. The molecule has 0 aromatic heterocycles. The third-order valence-corrected chi connectivity index (χ3v) is 2.83. The van der Waals surface area contributed by atoms with Crippen LogP contribution >= 0.6 is 0 Å².